The van der Waals surface area contributed by atoms with E-state index in [1.807, 2.05) is 18.2 Å². The summed E-state index contributed by atoms with van der Waals surface area (Å²) in [5.74, 6) is 0. The monoisotopic (exact) mass is 378 g/mol. The summed E-state index contributed by atoms with van der Waals surface area (Å²) in [7, 11) is 2.11. The molecule has 138 valence electrons. The van der Waals surface area contributed by atoms with Crippen LogP contribution in [0.1, 0.15) is 22.7 Å². The summed E-state index contributed by atoms with van der Waals surface area (Å²) >= 11 is 1.46. The van der Waals surface area contributed by atoms with Gasteiger partial charge in [0.25, 0.3) is 0 Å². The summed E-state index contributed by atoms with van der Waals surface area (Å²) in [5.41, 5.74) is 1.66. The van der Waals surface area contributed by atoms with Crippen molar-refractivity contribution in [1.29, 1.82) is 0 Å². The molecule has 4 rings (SSSR count). The van der Waals surface area contributed by atoms with E-state index >= 15 is 0 Å². The molecule has 0 bridgehead atoms. The Morgan fingerprint density at radius 2 is 1.69 bits per heavy atom. The van der Waals surface area contributed by atoms with Gasteiger partial charge < -0.3 is 4.90 Å². The summed E-state index contributed by atoms with van der Waals surface area (Å²) in [5, 5.41) is 0. The molecule has 0 aromatic heterocycles. The van der Waals surface area contributed by atoms with Crippen molar-refractivity contribution in [1.82, 2.24) is 9.80 Å². The number of likely N-dealkylation sites (N-methyl/N-ethyl adjacent to an activating group) is 1. The second-order valence-electron chi connectivity index (χ2n) is 7.02. The minimum absolute atomic E-state index is 0.122. The predicted molar refractivity (Wildman–Crippen MR) is 97.5 cm³/mol. The molecule has 2 aromatic carbocycles. The normalized spacial score (nSPS) is 21.8. The van der Waals surface area contributed by atoms with Gasteiger partial charge in [-0.05, 0) is 42.8 Å². The lowest BCUT2D eigenvalue weighted by Crippen LogP contribution is -2.46. The number of hydrogen-bond donors (Lipinski definition) is 0. The zero-order valence-electron chi connectivity index (χ0n) is 14.6. The first-order chi connectivity index (χ1) is 12.4. The van der Waals surface area contributed by atoms with Crippen LogP contribution in [0, 0.1) is 0 Å². The second kappa shape index (κ2) is 6.91. The van der Waals surface area contributed by atoms with Gasteiger partial charge in [0.15, 0.2) is 0 Å². The number of hydrogen-bond acceptors (Lipinski definition) is 3. The van der Waals surface area contributed by atoms with Crippen LogP contribution >= 0.6 is 11.8 Å². The molecule has 0 unspecified atom stereocenters. The third-order valence-corrected chi connectivity index (χ3v) is 6.48. The Hall–Kier alpha value is -1.50. The van der Waals surface area contributed by atoms with E-state index in [9.17, 15) is 13.2 Å². The number of nitrogens with zero attached hydrogens (tertiary/aromatic N) is 2. The Morgan fingerprint density at radius 1 is 0.962 bits per heavy atom. The molecule has 0 aliphatic carbocycles. The Kier molecular flexibility index (Phi) is 4.75. The highest BCUT2D eigenvalue weighted by atomic mass is 32.2. The highest BCUT2D eigenvalue weighted by molar-refractivity contribution is 7.99. The maximum atomic E-state index is 13.2. The van der Waals surface area contributed by atoms with Crippen molar-refractivity contribution in [2.75, 3.05) is 33.2 Å². The summed E-state index contributed by atoms with van der Waals surface area (Å²) in [6, 6.07) is 12.5. The number of piperazine rings is 1. The van der Waals surface area contributed by atoms with Gasteiger partial charge in [0.1, 0.15) is 0 Å². The van der Waals surface area contributed by atoms with Crippen molar-refractivity contribution in [3.8, 4) is 0 Å². The van der Waals surface area contributed by atoms with Gasteiger partial charge in [0.2, 0.25) is 0 Å². The lowest BCUT2D eigenvalue weighted by Gasteiger charge is -2.38. The Balaban J connectivity index is 1.77. The van der Waals surface area contributed by atoms with Gasteiger partial charge >= 0.3 is 6.18 Å². The first kappa shape index (κ1) is 17.9. The van der Waals surface area contributed by atoms with Crippen molar-refractivity contribution in [3.05, 3.63) is 59.2 Å². The molecule has 1 atom stereocenters. The highest BCUT2D eigenvalue weighted by Gasteiger charge is 2.34. The van der Waals surface area contributed by atoms with Crippen LogP contribution in [-0.4, -0.2) is 43.0 Å². The molecular formula is C20H21F3N2S. The van der Waals surface area contributed by atoms with E-state index in [-0.39, 0.29) is 6.04 Å². The number of halogens is 3. The predicted octanol–water partition coefficient (Wildman–Crippen LogP) is 4.70. The third-order valence-electron chi connectivity index (χ3n) is 5.28. The van der Waals surface area contributed by atoms with Crippen LogP contribution in [0.25, 0.3) is 0 Å². The van der Waals surface area contributed by atoms with Crippen molar-refractivity contribution in [2.45, 2.75) is 28.4 Å². The van der Waals surface area contributed by atoms with E-state index in [0.717, 1.165) is 48.0 Å². The quantitative estimate of drug-likeness (QED) is 0.710. The van der Waals surface area contributed by atoms with Crippen LogP contribution in [0.5, 0.6) is 0 Å². The van der Waals surface area contributed by atoms with E-state index < -0.39 is 11.7 Å². The maximum Gasteiger partial charge on any atom is 0.416 e. The fourth-order valence-electron chi connectivity index (χ4n) is 3.74. The van der Waals surface area contributed by atoms with Crippen LogP contribution in [0.2, 0.25) is 0 Å². The van der Waals surface area contributed by atoms with Crippen molar-refractivity contribution in [2.24, 2.45) is 0 Å². The summed E-state index contributed by atoms with van der Waals surface area (Å²) in [6.45, 7) is 3.85. The molecule has 0 spiro atoms. The molecule has 2 aromatic rings. The van der Waals surface area contributed by atoms with Crippen molar-refractivity contribution < 1.29 is 13.2 Å². The van der Waals surface area contributed by atoms with Gasteiger partial charge in [-0.15, -0.1) is 0 Å². The first-order valence-electron chi connectivity index (χ1n) is 8.81. The van der Waals surface area contributed by atoms with E-state index in [2.05, 4.69) is 22.9 Å². The van der Waals surface area contributed by atoms with Gasteiger partial charge in [0, 0.05) is 42.0 Å². The standard InChI is InChI=1S/C20H21F3N2S/c1-24-8-10-25(11-9-24)17-12-14-4-2-3-5-18(14)26-19-13-15(20(21,22)23)6-7-16(17)19/h2-7,13,17H,8-12H2,1H3/t17-/m0/s1. The maximum absolute atomic E-state index is 13.2. The number of benzene rings is 2. The minimum Gasteiger partial charge on any atom is -0.304 e. The van der Waals surface area contributed by atoms with Gasteiger partial charge in [-0.2, -0.15) is 13.2 Å². The lowest BCUT2D eigenvalue weighted by atomic mass is 9.95. The van der Waals surface area contributed by atoms with E-state index in [4.69, 9.17) is 0 Å². The molecule has 2 nitrogen and oxygen atoms in total. The van der Waals surface area contributed by atoms with Gasteiger partial charge in [-0.3, -0.25) is 4.90 Å². The average molecular weight is 378 g/mol. The molecule has 26 heavy (non-hydrogen) atoms. The zero-order chi connectivity index (χ0) is 18.3. The number of fused-ring (bicyclic) bond motifs is 2. The van der Waals surface area contributed by atoms with Crippen LogP contribution in [0.15, 0.2) is 52.3 Å². The molecule has 1 fully saturated rings. The van der Waals surface area contributed by atoms with Crippen LogP contribution in [0.3, 0.4) is 0 Å². The van der Waals surface area contributed by atoms with Crippen LogP contribution < -0.4 is 0 Å². The Labute approximate surface area is 156 Å². The fraction of sp³-hybridized carbons (Fsp3) is 0.400. The second-order valence-corrected chi connectivity index (χ2v) is 8.10. The Bertz CT molecular complexity index is 798. The average Bonchev–Trinajstić information content (AvgIpc) is 2.77. The van der Waals surface area contributed by atoms with E-state index in [1.54, 1.807) is 6.07 Å². The minimum atomic E-state index is -4.31. The SMILES string of the molecule is CN1CCN([C@H]2Cc3ccccc3Sc3cc(C(F)(F)F)ccc32)CC1. The van der Waals surface area contributed by atoms with Gasteiger partial charge in [-0.1, -0.05) is 36.0 Å². The molecule has 0 radical (unpaired) electrons. The molecule has 6 heteroatoms. The molecule has 0 saturated carbocycles. The number of rotatable bonds is 1. The fourth-order valence-corrected chi connectivity index (χ4v) is 4.92. The molecule has 0 amide bonds. The Morgan fingerprint density at radius 3 is 2.42 bits per heavy atom. The largest absolute Gasteiger partial charge is 0.416 e. The lowest BCUT2D eigenvalue weighted by molar-refractivity contribution is -0.137. The molecule has 2 aliphatic rings. The van der Waals surface area contributed by atoms with Crippen molar-refractivity contribution in [3.63, 3.8) is 0 Å². The zero-order valence-corrected chi connectivity index (χ0v) is 15.4. The summed E-state index contributed by atoms with van der Waals surface area (Å²) < 4.78 is 39.7. The van der Waals surface area contributed by atoms with E-state index in [1.165, 1.54) is 29.5 Å². The molecule has 1 saturated heterocycles. The smallest absolute Gasteiger partial charge is 0.304 e. The van der Waals surface area contributed by atoms with Crippen molar-refractivity contribution >= 4 is 11.8 Å². The molecule has 0 N–H and O–H groups in total. The van der Waals surface area contributed by atoms with E-state index in [0.29, 0.717) is 0 Å². The van der Waals surface area contributed by atoms with Crippen LogP contribution in [0.4, 0.5) is 13.2 Å². The molecule has 2 aliphatic heterocycles. The highest BCUT2D eigenvalue weighted by Crippen LogP contribution is 2.45. The summed E-state index contributed by atoms with van der Waals surface area (Å²) in [4.78, 5) is 6.51. The van der Waals surface area contributed by atoms with Gasteiger partial charge in [-0.25, -0.2) is 0 Å². The topological polar surface area (TPSA) is 6.48 Å². The first-order valence-corrected chi connectivity index (χ1v) is 9.63. The molecule has 2 heterocycles. The third kappa shape index (κ3) is 3.50. The summed E-state index contributed by atoms with van der Waals surface area (Å²) in [6.07, 6.45) is -3.48. The van der Waals surface area contributed by atoms with Gasteiger partial charge in [0.05, 0.1) is 5.56 Å². The molecular weight excluding hydrogens is 357 g/mol. The van der Waals surface area contributed by atoms with Crippen LogP contribution in [-0.2, 0) is 12.6 Å². The number of alkyl halides is 3.